The summed E-state index contributed by atoms with van der Waals surface area (Å²) in [6, 6.07) is 12.8. The first kappa shape index (κ1) is 25.9. The van der Waals surface area contributed by atoms with E-state index in [1.165, 1.54) is 49.6 Å². The van der Waals surface area contributed by atoms with E-state index in [4.69, 9.17) is 4.74 Å². The van der Waals surface area contributed by atoms with Crippen LogP contribution in [0.3, 0.4) is 0 Å². The van der Waals surface area contributed by atoms with Crippen LogP contribution < -0.4 is 10.1 Å². The second kappa shape index (κ2) is 10.8. The third-order valence-corrected chi connectivity index (χ3v) is 6.64. The highest BCUT2D eigenvalue weighted by molar-refractivity contribution is 8.18. The van der Waals surface area contributed by atoms with Gasteiger partial charge in [-0.3, -0.25) is 9.59 Å². The quantitative estimate of drug-likeness (QED) is 0.325. The summed E-state index contributed by atoms with van der Waals surface area (Å²) in [5.74, 6) is -3.41. The number of ether oxygens (including phenoxy) is 1. The number of thioether (sulfide) groups is 1. The summed E-state index contributed by atoms with van der Waals surface area (Å²) in [4.78, 5) is 28.0. The third kappa shape index (κ3) is 5.64. The van der Waals surface area contributed by atoms with Crippen molar-refractivity contribution in [3.8, 4) is 22.6 Å². The van der Waals surface area contributed by atoms with Crippen LogP contribution in [0.15, 0.2) is 64.5 Å². The molecule has 0 saturated heterocycles. The number of nitrogens with zero attached hydrogens (tertiary/aromatic N) is 1. The molecule has 1 atom stereocenters. The van der Waals surface area contributed by atoms with E-state index in [2.05, 4.69) is 10.3 Å². The SMILES string of the molecule is CCC(C(=O)O)c1ccc(NC2=NC(=O)/C(=C\c3cc(-c4cc(F)ccc4OC)ccc3O)S2)cc1F. The minimum absolute atomic E-state index is 0.0727. The number of amides is 1. The van der Waals surface area contributed by atoms with Gasteiger partial charge < -0.3 is 20.3 Å². The number of carbonyl (C=O) groups excluding carboxylic acids is 1. The number of hydrogen-bond donors (Lipinski definition) is 3. The summed E-state index contributed by atoms with van der Waals surface area (Å²) >= 11 is 0.993. The zero-order chi connectivity index (χ0) is 26.7. The molecule has 1 heterocycles. The van der Waals surface area contributed by atoms with Crippen LogP contribution in [0.1, 0.15) is 30.4 Å². The summed E-state index contributed by atoms with van der Waals surface area (Å²) in [6.45, 7) is 1.66. The molecule has 1 amide bonds. The maximum Gasteiger partial charge on any atom is 0.311 e. The largest absolute Gasteiger partial charge is 0.507 e. The van der Waals surface area contributed by atoms with Crippen molar-refractivity contribution in [2.24, 2.45) is 4.99 Å². The number of aliphatic imine (C=N–C) groups is 1. The summed E-state index contributed by atoms with van der Waals surface area (Å²) in [7, 11) is 1.47. The van der Waals surface area contributed by atoms with E-state index >= 15 is 0 Å². The van der Waals surface area contributed by atoms with Crippen molar-refractivity contribution in [2.45, 2.75) is 19.3 Å². The van der Waals surface area contributed by atoms with Gasteiger partial charge in [0.15, 0.2) is 5.17 Å². The maximum atomic E-state index is 14.6. The lowest BCUT2D eigenvalue weighted by molar-refractivity contribution is -0.139. The fourth-order valence-electron chi connectivity index (χ4n) is 3.89. The average Bonchev–Trinajstić information content (AvgIpc) is 3.20. The smallest absolute Gasteiger partial charge is 0.311 e. The number of phenolic OH excluding ortho intramolecular Hbond substituents is 1. The molecule has 0 radical (unpaired) electrons. The Bertz CT molecular complexity index is 1450. The number of carboxylic acid groups (broad SMARTS) is 1. The molecular formula is C27H22F2N2O5S. The first-order valence-corrected chi connectivity index (χ1v) is 12.0. The van der Waals surface area contributed by atoms with Crippen LogP contribution >= 0.6 is 11.8 Å². The maximum absolute atomic E-state index is 14.6. The number of carboxylic acids is 1. The lowest BCUT2D eigenvalue weighted by Crippen LogP contribution is -2.13. The van der Waals surface area contributed by atoms with Crippen molar-refractivity contribution >= 4 is 40.6 Å². The van der Waals surface area contributed by atoms with Crippen molar-refractivity contribution in [1.82, 2.24) is 0 Å². The van der Waals surface area contributed by atoms with Crippen molar-refractivity contribution in [1.29, 1.82) is 0 Å². The number of aliphatic carboxylic acids is 1. The number of phenols is 1. The second-order valence-corrected chi connectivity index (χ2v) is 9.14. The van der Waals surface area contributed by atoms with Crippen LogP contribution in [0.25, 0.3) is 17.2 Å². The monoisotopic (exact) mass is 524 g/mol. The Morgan fingerprint density at radius 3 is 2.62 bits per heavy atom. The van der Waals surface area contributed by atoms with Gasteiger partial charge in [-0.25, -0.2) is 8.78 Å². The van der Waals surface area contributed by atoms with Gasteiger partial charge in [0, 0.05) is 22.4 Å². The number of anilines is 1. The van der Waals surface area contributed by atoms with Gasteiger partial charge >= 0.3 is 5.97 Å². The molecule has 3 N–H and O–H groups in total. The van der Waals surface area contributed by atoms with Crippen LogP contribution in [-0.2, 0) is 9.59 Å². The number of benzene rings is 3. The Hall–Kier alpha value is -4.18. The Kier molecular flexibility index (Phi) is 7.58. The van der Waals surface area contributed by atoms with Crippen LogP contribution in [0.4, 0.5) is 14.5 Å². The lowest BCUT2D eigenvalue weighted by Gasteiger charge is -2.13. The number of aromatic hydroxyl groups is 1. The van der Waals surface area contributed by atoms with Gasteiger partial charge in [-0.1, -0.05) is 19.1 Å². The first-order valence-electron chi connectivity index (χ1n) is 11.2. The molecule has 1 unspecified atom stereocenters. The van der Waals surface area contributed by atoms with Gasteiger partial charge in [-0.05, 0) is 72.3 Å². The molecule has 0 spiro atoms. The van der Waals surface area contributed by atoms with Crippen molar-refractivity contribution in [2.75, 3.05) is 12.4 Å². The molecule has 7 nitrogen and oxygen atoms in total. The summed E-state index contributed by atoms with van der Waals surface area (Å²) in [5.41, 5.74) is 1.72. The highest BCUT2D eigenvalue weighted by Gasteiger charge is 2.24. The standard InChI is InChI=1S/C27H22F2N2O5S/c1-3-18(26(34)35)19-7-6-17(13-21(19)29)30-27-31-25(33)24(37-27)11-15-10-14(4-8-22(15)32)20-12-16(28)5-9-23(20)36-2/h4-13,18,32H,3H2,1-2H3,(H,34,35)(H,30,31,33)/b24-11+. The Labute approximate surface area is 215 Å². The molecule has 3 aromatic carbocycles. The van der Waals surface area contributed by atoms with Gasteiger partial charge in [0.25, 0.3) is 5.91 Å². The fourth-order valence-corrected chi connectivity index (χ4v) is 4.71. The predicted octanol–water partition coefficient (Wildman–Crippen LogP) is 6.01. The van der Waals surface area contributed by atoms with Gasteiger partial charge in [0.1, 0.15) is 23.1 Å². The Balaban J connectivity index is 1.55. The molecule has 10 heteroatoms. The van der Waals surface area contributed by atoms with Gasteiger partial charge in [-0.15, -0.1) is 0 Å². The van der Waals surface area contributed by atoms with Crippen molar-refractivity contribution < 1.29 is 33.3 Å². The lowest BCUT2D eigenvalue weighted by atomic mass is 9.96. The Morgan fingerprint density at radius 1 is 1.16 bits per heavy atom. The molecule has 0 aliphatic carbocycles. The first-order chi connectivity index (χ1) is 17.7. The van der Waals surface area contributed by atoms with E-state index in [-0.39, 0.29) is 27.8 Å². The topological polar surface area (TPSA) is 108 Å². The number of amidine groups is 1. The summed E-state index contributed by atoms with van der Waals surface area (Å²) in [6.07, 6.45) is 1.70. The number of carbonyl (C=O) groups is 2. The number of rotatable bonds is 7. The van der Waals surface area contributed by atoms with Crippen molar-refractivity contribution in [3.63, 3.8) is 0 Å². The zero-order valence-electron chi connectivity index (χ0n) is 19.8. The van der Waals surface area contributed by atoms with E-state index in [1.54, 1.807) is 19.1 Å². The average molecular weight is 525 g/mol. The fraction of sp³-hybridized carbons (Fsp3) is 0.148. The molecule has 0 bridgehead atoms. The molecule has 1 aliphatic heterocycles. The highest BCUT2D eigenvalue weighted by atomic mass is 32.2. The van der Waals surface area contributed by atoms with Crippen LogP contribution in [0.5, 0.6) is 11.5 Å². The number of methoxy groups -OCH3 is 1. The van der Waals surface area contributed by atoms with Gasteiger partial charge in [0.05, 0.1) is 17.9 Å². The van der Waals surface area contributed by atoms with Crippen LogP contribution in [-0.4, -0.2) is 34.4 Å². The molecule has 0 aromatic heterocycles. The molecule has 190 valence electrons. The molecular weight excluding hydrogens is 502 g/mol. The normalized spacial score (nSPS) is 15.0. The molecule has 4 rings (SSSR count). The highest BCUT2D eigenvalue weighted by Crippen LogP contribution is 2.36. The van der Waals surface area contributed by atoms with E-state index in [1.807, 2.05) is 0 Å². The number of nitrogens with one attached hydrogen (secondary N) is 1. The molecule has 1 aliphatic rings. The number of halogens is 2. The molecule has 37 heavy (non-hydrogen) atoms. The molecule has 3 aromatic rings. The Morgan fingerprint density at radius 2 is 1.95 bits per heavy atom. The van der Waals surface area contributed by atoms with Gasteiger partial charge in [-0.2, -0.15) is 4.99 Å². The molecule has 0 saturated carbocycles. The second-order valence-electron chi connectivity index (χ2n) is 8.11. The summed E-state index contributed by atoms with van der Waals surface area (Å²) < 4.78 is 33.7. The molecule has 0 fully saturated rings. The minimum Gasteiger partial charge on any atom is -0.507 e. The summed E-state index contributed by atoms with van der Waals surface area (Å²) in [5, 5.41) is 22.7. The number of hydrogen-bond acceptors (Lipinski definition) is 6. The zero-order valence-corrected chi connectivity index (χ0v) is 20.6. The van der Waals surface area contributed by atoms with Crippen LogP contribution in [0, 0.1) is 11.6 Å². The van der Waals surface area contributed by atoms with E-state index in [9.17, 15) is 28.6 Å². The van der Waals surface area contributed by atoms with E-state index in [0.717, 1.165) is 17.8 Å². The third-order valence-electron chi connectivity index (χ3n) is 5.74. The van der Waals surface area contributed by atoms with E-state index in [0.29, 0.717) is 28.1 Å². The van der Waals surface area contributed by atoms with Crippen LogP contribution in [0.2, 0.25) is 0 Å². The van der Waals surface area contributed by atoms with E-state index < -0.39 is 29.4 Å². The predicted molar refractivity (Wildman–Crippen MR) is 139 cm³/mol. The minimum atomic E-state index is -1.11. The van der Waals surface area contributed by atoms with Gasteiger partial charge in [0.2, 0.25) is 0 Å². The van der Waals surface area contributed by atoms with Crippen molar-refractivity contribution in [3.05, 3.63) is 82.3 Å².